The van der Waals surface area contributed by atoms with Crippen LogP contribution in [0, 0.1) is 10.1 Å². The molecule has 2 aromatic rings. The Morgan fingerprint density at radius 1 is 1.03 bits per heavy atom. The average Bonchev–Trinajstić information content (AvgIpc) is 2.69. The molecule has 1 N–H and O–H groups in total. The summed E-state index contributed by atoms with van der Waals surface area (Å²) in [7, 11) is 0. The molecule has 0 atom stereocenters. The number of nitrogens with one attached hydrogen (secondary N) is 1. The van der Waals surface area contributed by atoms with Crippen LogP contribution in [0.4, 0.5) is 24.5 Å². The van der Waals surface area contributed by atoms with Gasteiger partial charge in [0.25, 0.3) is 5.69 Å². The third-order valence-corrected chi connectivity index (χ3v) is 4.85. The third-order valence-electron chi connectivity index (χ3n) is 4.85. The highest BCUT2D eigenvalue weighted by Gasteiger charge is 2.30. The van der Waals surface area contributed by atoms with Gasteiger partial charge in [-0.1, -0.05) is 18.2 Å². The number of hydrogen-bond donors (Lipinski definition) is 1. The zero-order chi connectivity index (χ0) is 21.7. The fourth-order valence-corrected chi connectivity index (χ4v) is 3.28. The first-order chi connectivity index (χ1) is 14.2. The van der Waals surface area contributed by atoms with Gasteiger partial charge < -0.3 is 5.32 Å². The number of non-ortho nitro benzene ring substituents is 1. The number of anilines is 1. The molecule has 1 saturated heterocycles. The monoisotopic (exact) mass is 422 g/mol. The fourth-order valence-electron chi connectivity index (χ4n) is 3.28. The Balaban J connectivity index is 1.45. The molecule has 160 valence electrons. The number of halogens is 3. The van der Waals surface area contributed by atoms with Crippen LogP contribution in [-0.2, 0) is 17.5 Å². The van der Waals surface area contributed by atoms with Crippen LogP contribution in [0.5, 0.6) is 0 Å². The maximum absolute atomic E-state index is 12.8. The van der Waals surface area contributed by atoms with Gasteiger partial charge in [-0.3, -0.25) is 24.7 Å². The Labute approximate surface area is 171 Å². The quantitative estimate of drug-likeness (QED) is 0.571. The number of carbonyl (C=O) groups is 1. The summed E-state index contributed by atoms with van der Waals surface area (Å²) in [5.74, 6) is -0.227. The van der Waals surface area contributed by atoms with Crippen molar-refractivity contribution in [1.29, 1.82) is 0 Å². The van der Waals surface area contributed by atoms with Gasteiger partial charge in [0.15, 0.2) is 0 Å². The van der Waals surface area contributed by atoms with Gasteiger partial charge in [-0.15, -0.1) is 0 Å². The van der Waals surface area contributed by atoms with E-state index in [-0.39, 0.29) is 18.1 Å². The molecule has 1 amide bonds. The lowest BCUT2D eigenvalue weighted by Gasteiger charge is -2.34. The molecule has 2 aromatic carbocycles. The molecule has 7 nitrogen and oxygen atoms in total. The molecule has 1 aliphatic heterocycles. The van der Waals surface area contributed by atoms with Crippen molar-refractivity contribution in [3.05, 3.63) is 69.8 Å². The first-order valence-electron chi connectivity index (χ1n) is 9.36. The molecular formula is C20H21F3N4O3. The number of carbonyl (C=O) groups excluding carboxylic acids is 1. The Kier molecular flexibility index (Phi) is 6.68. The highest BCUT2D eigenvalue weighted by atomic mass is 19.4. The third kappa shape index (κ3) is 6.01. The van der Waals surface area contributed by atoms with Gasteiger partial charge in [0.05, 0.1) is 17.0 Å². The van der Waals surface area contributed by atoms with Crippen molar-refractivity contribution in [1.82, 2.24) is 9.80 Å². The first-order valence-corrected chi connectivity index (χ1v) is 9.36. The molecule has 3 rings (SSSR count). The van der Waals surface area contributed by atoms with E-state index in [2.05, 4.69) is 10.2 Å². The predicted molar refractivity (Wildman–Crippen MR) is 105 cm³/mol. The van der Waals surface area contributed by atoms with E-state index in [0.717, 1.165) is 6.07 Å². The van der Waals surface area contributed by atoms with Crippen molar-refractivity contribution < 1.29 is 22.9 Å². The highest BCUT2D eigenvalue weighted by molar-refractivity contribution is 5.92. The lowest BCUT2D eigenvalue weighted by atomic mass is 10.1. The maximum Gasteiger partial charge on any atom is 0.416 e. The summed E-state index contributed by atoms with van der Waals surface area (Å²) in [6, 6.07) is 10.9. The molecule has 1 heterocycles. The van der Waals surface area contributed by atoms with Gasteiger partial charge in [0.2, 0.25) is 5.91 Å². The minimum absolute atomic E-state index is 0.0510. The van der Waals surface area contributed by atoms with Crippen molar-refractivity contribution in [2.45, 2.75) is 12.7 Å². The Morgan fingerprint density at radius 2 is 1.67 bits per heavy atom. The van der Waals surface area contributed by atoms with E-state index < -0.39 is 16.7 Å². The van der Waals surface area contributed by atoms with Crippen LogP contribution in [0.3, 0.4) is 0 Å². The maximum atomic E-state index is 12.8. The van der Waals surface area contributed by atoms with E-state index in [1.54, 1.807) is 6.07 Å². The summed E-state index contributed by atoms with van der Waals surface area (Å²) in [5.41, 5.74) is 0.384. The summed E-state index contributed by atoms with van der Waals surface area (Å²) in [5, 5.41) is 13.4. The van der Waals surface area contributed by atoms with Gasteiger partial charge in [-0.05, 0) is 23.8 Å². The molecule has 10 heteroatoms. The zero-order valence-corrected chi connectivity index (χ0v) is 16.1. The number of nitro benzene ring substituents is 1. The number of amides is 1. The van der Waals surface area contributed by atoms with Crippen molar-refractivity contribution in [2.24, 2.45) is 0 Å². The molecular weight excluding hydrogens is 401 g/mol. The average molecular weight is 422 g/mol. The summed E-state index contributed by atoms with van der Waals surface area (Å²) in [6.07, 6.45) is -4.36. The summed E-state index contributed by atoms with van der Waals surface area (Å²) in [4.78, 5) is 26.4. The van der Waals surface area contributed by atoms with Crippen molar-refractivity contribution >= 4 is 17.3 Å². The van der Waals surface area contributed by atoms with Gasteiger partial charge in [-0.25, -0.2) is 0 Å². The Morgan fingerprint density at radius 3 is 2.27 bits per heavy atom. The second-order valence-electron chi connectivity index (χ2n) is 7.10. The number of hydrogen-bond acceptors (Lipinski definition) is 5. The van der Waals surface area contributed by atoms with E-state index >= 15 is 0 Å². The highest BCUT2D eigenvalue weighted by Crippen LogP contribution is 2.29. The fraction of sp³-hybridized carbons (Fsp3) is 0.350. The van der Waals surface area contributed by atoms with Crippen LogP contribution >= 0.6 is 0 Å². The van der Waals surface area contributed by atoms with Gasteiger partial charge in [0.1, 0.15) is 0 Å². The molecule has 1 fully saturated rings. The number of alkyl halides is 3. The van der Waals surface area contributed by atoms with E-state index in [9.17, 15) is 28.1 Å². The lowest BCUT2D eigenvalue weighted by Crippen LogP contribution is -2.48. The minimum atomic E-state index is -4.36. The topological polar surface area (TPSA) is 78.7 Å². The molecule has 0 bridgehead atoms. The van der Waals surface area contributed by atoms with E-state index in [4.69, 9.17) is 0 Å². The van der Waals surface area contributed by atoms with Crippen LogP contribution in [0.2, 0.25) is 0 Å². The molecule has 1 aliphatic rings. The van der Waals surface area contributed by atoms with Gasteiger partial charge in [-0.2, -0.15) is 13.2 Å². The lowest BCUT2D eigenvalue weighted by molar-refractivity contribution is -0.384. The van der Waals surface area contributed by atoms with Crippen LogP contribution in [0.1, 0.15) is 11.1 Å². The number of rotatable bonds is 6. The van der Waals surface area contributed by atoms with E-state index in [0.29, 0.717) is 44.0 Å². The Bertz CT molecular complexity index is 895. The first kappa shape index (κ1) is 21.7. The summed E-state index contributed by atoms with van der Waals surface area (Å²) < 4.78 is 38.5. The van der Waals surface area contributed by atoms with E-state index in [1.165, 1.54) is 36.4 Å². The van der Waals surface area contributed by atoms with Crippen LogP contribution < -0.4 is 5.32 Å². The van der Waals surface area contributed by atoms with Crippen molar-refractivity contribution in [2.75, 3.05) is 38.0 Å². The molecule has 0 aliphatic carbocycles. The van der Waals surface area contributed by atoms with Crippen LogP contribution in [0.25, 0.3) is 0 Å². The molecule has 0 spiro atoms. The number of benzene rings is 2. The second-order valence-corrected chi connectivity index (χ2v) is 7.10. The van der Waals surface area contributed by atoms with E-state index in [1.807, 2.05) is 4.90 Å². The number of piperazine rings is 1. The van der Waals surface area contributed by atoms with Crippen LogP contribution in [-0.4, -0.2) is 53.4 Å². The minimum Gasteiger partial charge on any atom is -0.325 e. The molecule has 0 saturated carbocycles. The smallest absolute Gasteiger partial charge is 0.325 e. The molecule has 0 unspecified atom stereocenters. The summed E-state index contributed by atoms with van der Waals surface area (Å²) in [6.45, 7) is 3.11. The van der Waals surface area contributed by atoms with Crippen molar-refractivity contribution in [3.63, 3.8) is 0 Å². The largest absolute Gasteiger partial charge is 0.416 e. The number of nitro groups is 1. The van der Waals surface area contributed by atoms with Gasteiger partial charge in [0, 0.05) is 50.5 Å². The second kappa shape index (κ2) is 9.23. The van der Waals surface area contributed by atoms with Gasteiger partial charge >= 0.3 is 6.18 Å². The van der Waals surface area contributed by atoms with Crippen molar-refractivity contribution in [3.8, 4) is 0 Å². The zero-order valence-electron chi connectivity index (χ0n) is 16.1. The summed E-state index contributed by atoms with van der Waals surface area (Å²) >= 11 is 0. The predicted octanol–water partition coefficient (Wildman–Crippen LogP) is 3.37. The standard InChI is InChI=1S/C20H21F3N4O3/c21-20(22,23)16-3-1-2-15(12-16)13-25-8-10-26(11-9-25)14-19(28)24-17-4-6-18(7-5-17)27(29)30/h1-7,12H,8-11,13-14H2,(H,24,28). The normalized spacial score (nSPS) is 15.7. The molecule has 0 radical (unpaired) electrons. The van der Waals surface area contributed by atoms with Crippen LogP contribution in [0.15, 0.2) is 48.5 Å². The molecule has 0 aromatic heterocycles. The molecule has 30 heavy (non-hydrogen) atoms. The number of nitrogens with zero attached hydrogens (tertiary/aromatic N) is 3. The Hall–Kier alpha value is -2.98. The SMILES string of the molecule is O=C(CN1CCN(Cc2cccc(C(F)(F)F)c2)CC1)Nc1ccc([N+](=O)[O-])cc1.